The van der Waals surface area contributed by atoms with Gasteiger partial charge in [0.25, 0.3) is 5.69 Å². The van der Waals surface area contributed by atoms with Gasteiger partial charge in [-0.15, -0.1) is 0 Å². The van der Waals surface area contributed by atoms with Gasteiger partial charge < -0.3 is 5.32 Å². The topological polar surface area (TPSA) is 102 Å². The Morgan fingerprint density at radius 1 is 1.41 bits per heavy atom. The number of hydrogen-bond donors (Lipinski definition) is 1. The van der Waals surface area contributed by atoms with E-state index in [2.05, 4.69) is 10.3 Å². The highest BCUT2D eigenvalue weighted by Crippen LogP contribution is 2.23. The first-order valence-electron chi connectivity index (χ1n) is 6.38. The number of aryl methyl sites for hydroxylation is 1. The second kappa shape index (κ2) is 6.44. The predicted molar refractivity (Wildman–Crippen MR) is 82.8 cm³/mol. The Balaban J connectivity index is 2.07. The average molecular weight is 319 g/mol. The fourth-order valence-electron chi connectivity index (χ4n) is 1.85. The van der Waals surface area contributed by atoms with E-state index in [0.29, 0.717) is 15.7 Å². The van der Waals surface area contributed by atoms with E-state index in [1.165, 1.54) is 42.5 Å². The summed E-state index contributed by atoms with van der Waals surface area (Å²) in [5, 5.41) is 14.0. The monoisotopic (exact) mass is 319 g/mol. The zero-order chi connectivity index (χ0) is 16.3. The summed E-state index contributed by atoms with van der Waals surface area (Å²) in [4.78, 5) is 38.3. The lowest BCUT2D eigenvalue weighted by atomic mass is 10.1. The molecule has 1 aromatic carbocycles. The average Bonchev–Trinajstić information content (AvgIpc) is 2.86. The zero-order valence-corrected chi connectivity index (χ0v) is 12.8. The summed E-state index contributed by atoms with van der Waals surface area (Å²) in [7, 11) is 0. The number of carbonyl (C=O) groups excluding carboxylic acids is 2. The first-order valence-corrected chi connectivity index (χ1v) is 7.20. The van der Waals surface area contributed by atoms with Crippen LogP contribution in [0.1, 0.15) is 32.6 Å². The minimum atomic E-state index is -0.548. The predicted octanol–water partition coefficient (Wildman–Crippen LogP) is 2.86. The van der Waals surface area contributed by atoms with Gasteiger partial charge in [0.15, 0.2) is 16.7 Å². The van der Waals surface area contributed by atoms with Crippen LogP contribution in [-0.4, -0.2) is 28.0 Å². The van der Waals surface area contributed by atoms with Crippen molar-refractivity contribution in [1.82, 2.24) is 4.98 Å². The van der Waals surface area contributed by atoms with Crippen molar-refractivity contribution in [3.63, 3.8) is 0 Å². The highest BCUT2D eigenvalue weighted by atomic mass is 32.1. The molecule has 1 aromatic heterocycles. The van der Waals surface area contributed by atoms with Crippen molar-refractivity contribution < 1.29 is 14.5 Å². The first-order chi connectivity index (χ1) is 10.4. The van der Waals surface area contributed by atoms with Crippen molar-refractivity contribution in [2.75, 3.05) is 11.9 Å². The van der Waals surface area contributed by atoms with Gasteiger partial charge in [0.05, 0.1) is 22.0 Å². The summed E-state index contributed by atoms with van der Waals surface area (Å²) in [5.74, 6) is -0.367. The fourth-order valence-corrected chi connectivity index (χ4v) is 2.71. The Labute approximate surface area is 130 Å². The Morgan fingerprint density at radius 3 is 2.73 bits per heavy atom. The Morgan fingerprint density at radius 2 is 2.14 bits per heavy atom. The maximum absolute atomic E-state index is 12.0. The molecule has 0 radical (unpaired) electrons. The number of nitrogens with zero attached hydrogens (tertiary/aromatic N) is 2. The molecule has 8 heteroatoms. The quantitative estimate of drug-likeness (QED) is 0.499. The molecule has 0 saturated carbocycles. The molecule has 22 heavy (non-hydrogen) atoms. The number of rotatable bonds is 6. The van der Waals surface area contributed by atoms with Gasteiger partial charge in [0.2, 0.25) is 0 Å². The summed E-state index contributed by atoms with van der Waals surface area (Å²) in [6, 6.07) is 5.55. The van der Waals surface area contributed by atoms with Gasteiger partial charge >= 0.3 is 0 Å². The minimum Gasteiger partial charge on any atom is -0.354 e. The lowest BCUT2D eigenvalue weighted by Crippen LogP contribution is -2.14. The molecule has 0 spiro atoms. The van der Waals surface area contributed by atoms with E-state index in [0.717, 1.165) is 0 Å². The van der Waals surface area contributed by atoms with Gasteiger partial charge in [-0.2, -0.15) is 0 Å². The molecule has 0 amide bonds. The molecular weight excluding hydrogens is 306 g/mol. The third-order valence-corrected chi connectivity index (χ3v) is 4.11. The number of Topliss-reactive ketones (excluding diaryl/α,β-unsaturated/α-hetero) is 2. The van der Waals surface area contributed by atoms with Crippen LogP contribution in [0.15, 0.2) is 24.3 Å². The molecule has 0 bridgehead atoms. The van der Waals surface area contributed by atoms with E-state index in [4.69, 9.17) is 0 Å². The Bertz CT molecular complexity index is 754. The van der Waals surface area contributed by atoms with Crippen LogP contribution >= 0.6 is 11.3 Å². The molecule has 2 rings (SSSR count). The first kappa shape index (κ1) is 15.8. The number of nitro groups is 1. The van der Waals surface area contributed by atoms with Gasteiger partial charge in [0, 0.05) is 24.6 Å². The van der Waals surface area contributed by atoms with Crippen molar-refractivity contribution in [3.8, 4) is 0 Å². The van der Waals surface area contributed by atoms with Crippen LogP contribution < -0.4 is 5.32 Å². The van der Waals surface area contributed by atoms with Gasteiger partial charge in [-0.25, -0.2) is 4.98 Å². The van der Waals surface area contributed by atoms with Crippen LogP contribution in [-0.2, 0) is 0 Å². The van der Waals surface area contributed by atoms with Gasteiger partial charge in [0.1, 0.15) is 0 Å². The largest absolute Gasteiger partial charge is 0.354 e. The number of aromatic nitrogens is 1. The van der Waals surface area contributed by atoms with E-state index in [9.17, 15) is 19.7 Å². The Hall–Kier alpha value is -2.61. The maximum Gasteiger partial charge on any atom is 0.270 e. The molecule has 0 aliphatic heterocycles. The van der Waals surface area contributed by atoms with Crippen molar-refractivity contribution >= 4 is 33.7 Å². The minimum absolute atomic E-state index is 0.0501. The van der Waals surface area contributed by atoms with Crippen molar-refractivity contribution in [2.45, 2.75) is 13.8 Å². The smallest absolute Gasteiger partial charge is 0.270 e. The van der Waals surface area contributed by atoms with Gasteiger partial charge in [-0.1, -0.05) is 23.5 Å². The molecule has 0 fully saturated rings. The fraction of sp³-hybridized carbons (Fsp3) is 0.214. The molecule has 0 unspecified atom stereocenters. The number of ketones is 2. The number of nitrogens with one attached hydrogen (secondary N) is 1. The van der Waals surface area contributed by atoms with E-state index in [1.54, 1.807) is 6.92 Å². The van der Waals surface area contributed by atoms with Crippen molar-refractivity contribution in [1.29, 1.82) is 0 Å². The number of anilines is 1. The van der Waals surface area contributed by atoms with E-state index in [1.807, 2.05) is 0 Å². The molecule has 0 saturated heterocycles. The van der Waals surface area contributed by atoms with Crippen LogP contribution in [0, 0.1) is 17.0 Å². The number of carbonyl (C=O) groups is 2. The van der Waals surface area contributed by atoms with E-state index in [-0.39, 0.29) is 29.4 Å². The number of benzene rings is 1. The second-order valence-corrected chi connectivity index (χ2v) is 5.57. The van der Waals surface area contributed by atoms with Crippen LogP contribution in [0.25, 0.3) is 0 Å². The van der Waals surface area contributed by atoms with Crippen LogP contribution in [0.4, 0.5) is 10.8 Å². The Kier molecular flexibility index (Phi) is 4.62. The van der Waals surface area contributed by atoms with Crippen LogP contribution in [0.2, 0.25) is 0 Å². The van der Waals surface area contributed by atoms with Crippen molar-refractivity contribution in [2.24, 2.45) is 0 Å². The second-order valence-electron chi connectivity index (χ2n) is 4.57. The molecule has 2 aromatic rings. The molecular formula is C14H13N3O4S. The van der Waals surface area contributed by atoms with Crippen molar-refractivity contribution in [3.05, 3.63) is 50.5 Å². The third kappa shape index (κ3) is 3.53. The number of thiazole rings is 1. The molecule has 0 aliphatic rings. The van der Waals surface area contributed by atoms with Crippen LogP contribution in [0.3, 0.4) is 0 Å². The van der Waals surface area contributed by atoms with Crippen LogP contribution in [0.5, 0.6) is 0 Å². The summed E-state index contributed by atoms with van der Waals surface area (Å²) in [6.45, 7) is 3.13. The molecule has 0 aliphatic carbocycles. The summed E-state index contributed by atoms with van der Waals surface area (Å²) < 4.78 is 0. The highest BCUT2D eigenvalue weighted by molar-refractivity contribution is 7.17. The van der Waals surface area contributed by atoms with E-state index < -0.39 is 4.92 Å². The number of nitro benzene ring substituents is 1. The standard InChI is InChI=1S/C14H13N3O4S/c1-8-13(9(2)18)22-14(16-8)15-7-12(19)10-4-3-5-11(6-10)17(20)21/h3-6H,7H2,1-2H3,(H,15,16). The number of non-ortho nitro benzene ring substituents is 1. The molecule has 1 heterocycles. The lowest BCUT2D eigenvalue weighted by molar-refractivity contribution is -0.384. The summed E-state index contributed by atoms with van der Waals surface area (Å²) >= 11 is 1.18. The highest BCUT2D eigenvalue weighted by Gasteiger charge is 2.14. The maximum atomic E-state index is 12.0. The molecule has 114 valence electrons. The number of hydrogen-bond acceptors (Lipinski definition) is 7. The van der Waals surface area contributed by atoms with Gasteiger partial charge in [-0.05, 0) is 6.92 Å². The normalized spacial score (nSPS) is 10.3. The third-order valence-electron chi connectivity index (χ3n) is 2.90. The summed E-state index contributed by atoms with van der Waals surface area (Å²) in [6.07, 6.45) is 0. The van der Waals surface area contributed by atoms with Gasteiger partial charge in [-0.3, -0.25) is 19.7 Å². The lowest BCUT2D eigenvalue weighted by Gasteiger charge is -2.02. The summed E-state index contributed by atoms with van der Waals surface area (Å²) in [5.41, 5.74) is 0.736. The zero-order valence-electron chi connectivity index (χ0n) is 12.0. The SMILES string of the molecule is CC(=O)c1sc(NCC(=O)c2cccc([N+](=O)[O-])c2)nc1C. The molecule has 7 nitrogen and oxygen atoms in total. The molecule has 0 atom stereocenters. The molecule has 1 N–H and O–H groups in total. The van der Waals surface area contributed by atoms with E-state index >= 15 is 0 Å².